The summed E-state index contributed by atoms with van der Waals surface area (Å²) < 4.78 is 22.3. The van der Waals surface area contributed by atoms with Crippen LogP contribution >= 0.6 is 11.6 Å². The molecule has 0 saturated heterocycles. The average Bonchev–Trinajstić information content (AvgIpc) is 1.98. The summed E-state index contributed by atoms with van der Waals surface area (Å²) >= 11 is 5.49. The normalized spacial score (nSPS) is 13.4. The first kappa shape index (κ1) is 11.9. The quantitative estimate of drug-likeness (QED) is 0.735. The summed E-state index contributed by atoms with van der Waals surface area (Å²) in [4.78, 5) is 0. The van der Waals surface area contributed by atoms with Gasteiger partial charge in [-0.3, -0.25) is 0 Å². The van der Waals surface area contributed by atoms with Crippen molar-refractivity contribution in [2.75, 3.05) is 18.1 Å². The van der Waals surface area contributed by atoms with Crippen molar-refractivity contribution in [3.63, 3.8) is 0 Å². The van der Waals surface area contributed by atoms with Crippen LogP contribution in [0.1, 0.15) is 13.3 Å². The third-order valence-electron chi connectivity index (χ3n) is 1.28. The molecule has 0 aliphatic heterocycles. The highest BCUT2D eigenvalue weighted by Gasteiger charge is 2.07. The number of nitrogens with two attached hydrogens (primary N) is 1. The van der Waals surface area contributed by atoms with Gasteiger partial charge in [-0.1, -0.05) is 17.7 Å². The molecule has 5 heteroatoms. The molecule has 2 N–H and O–H groups in total. The molecule has 0 radical (unpaired) electrons. The lowest BCUT2D eigenvalue weighted by Crippen LogP contribution is -2.13. The third kappa shape index (κ3) is 6.64. The van der Waals surface area contributed by atoms with Gasteiger partial charge in [-0.15, -0.1) is 0 Å². The Hall–Kier alpha value is -0.0600. The minimum Gasteiger partial charge on any atom is -0.330 e. The van der Waals surface area contributed by atoms with Gasteiger partial charge in [0.1, 0.15) is 0 Å². The van der Waals surface area contributed by atoms with Gasteiger partial charge >= 0.3 is 0 Å². The van der Waals surface area contributed by atoms with Gasteiger partial charge in [-0.05, 0) is 19.9 Å². The predicted molar refractivity (Wildman–Crippen MR) is 51.9 cm³/mol. The van der Waals surface area contributed by atoms with Crippen molar-refractivity contribution in [1.29, 1.82) is 0 Å². The summed E-state index contributed by atoms with van der Waals surface area (Å²) in [5.74, 6) is 0.159. The van der Waals surface area contributed by atoms with E-state index >= 15 is 0 Å². The molecule has 0 fully saturated rings. The number of hydrogen-bond acceptors (Lipinski definition) is 3. The Balaban J connectivity index is 3.98. The molecule has 0 saturated carbocycles. The molecule has 0 rings (SSSR count). The second kappa shape index (κ2) is 5.56. The van der Waals surface area contributed by atoms with E-state index in [0.29, 0.717) is 18.0 Å². The molecule has 0 bridgehead atoms. The maximum Gasteiger partial charge on any atom is 0.153 e. The second-order valence-corrected chi connectivity index (χ2v) is 5.37. The van der Waals surface area contributed by atoms with Crippen molar-refractivity contribution in [2.24, 2.45) is 5.73 Å². The molecule has 0 aliphatic carbocycles. The minimum absolute atomic E-state index is 0.0162. The van der Waals surface area contributed by atoms with E-state index in [1.54, 1.807) is 6.92 Å². The standard InChI is InChI=1S/C7H14ClNO2S/c1-7(8)3-6-12(10,11)5-2-4-9/h3H,2,4-6,9H2,1H3/b7-3-. The maximum atomic E-state index is 11.1. The van der Waals surface area contributed by atoms with E-state index in [4.69, 9.17) is 17.3 Å². The molecule has 0 heterocycles. The number of allylic oxidation sites excluding steroid dienone is 1. The summed E-state index contributed by atoms with van der Waals surface area (Å²) in [5, 5.41) is 0.506. The van der Waals surface area contributed by atoms with Crippen molar-refractivity contribution >= 4 is 21.4 Å². The van der Waals surface area contributed by atoms with E-state index in [1.807, 2.05) is 0 Å². The largest absolute Gasteiger partial charge is 0.330 e. The number of hydrogen-bond donors (Lipinski definition) is 1. The fraction of sp³-hybridized carbons (Fsp3) is 0.714. The lowest BCUT2D eigenvalue weighted by molar-refractivity contribution is 0.596. The molecule has 0 aromatic rings. The van der Waals surface area contributed by atoms with E-state index in [9.17, 15) is 8.42 Å². The first-order valence-corrected chi connectivity index (χ1v) is 5.90. The van der Waals surface area contributed by atoms with Crippen molar-refractivity contribution in [2.45, 2.75) is 13.3 Å². The van der Waals surface area contributed by atoms with Crippen LogP contribution in [-0.2, 0) is 9.84 Å². The molecule has 0 spiro atoms. The van der Waals surface area contributed by atoms with Gasteiger partial charge in [-0.2, -0.15) is 0 Å². The molecule has 0 amide bonds. The van der Waals surface area contributed by atoms with Crippen LogP contribution in [0.15, 0.2) is 11.1 Å². The van der Waals surface area contributed by atoms with Crippen LogP contribution in [0.5, 0.6) is 0 Å². The highest BCUT2D eigenvalue weighted by molar-refractivity contribution is 7.91. The molecule has 12 heavy (non-hydrogen) atoms. The van der Waals surface area contributed by atoms with E-state index in [0.717, 1.165) is 0 Å². The topological polar surface area (TPSA) is 60.2 Å². The van der Waals surface area contributed by atoms with Crippen LogP contribution in [0.4, 0.5) is 0 Å². The Morgan fingerprint density at radius 3 is 2.58 bits per heavy atom. The van der Waals surface area contributed by atoms with Crippen LogP contribution in [0.2, 0.25) is 0 Å². The zero-order valence-corrected chi connectivity index (χ0v) is 8.66. The molecule has 0 unspecified atom stereocenters. The molecule has 3 nitrogen and oxygen atoms in total. The van der Waals surface area contributed by atoms with Crippen molar-refractivity contribution < 1.29 is 8.42 Å². The lowest BCUT2D eigenvalue weighted by Gasteiger charge is -1.98. The lowest BCUT2D eigenvalue weighted by atomic mass is 10.5. The zero-order valence-electron chi connectivity index (χ0n) is 7.09. The molecular weight excluding hydrogens is 198 g/mol. The maximum absolute atomic E-state index is 11.1. The number of rotatable bonds is 5. The fourth-order valence-corrected chi connectivity index (χ4v) is 2.07. The summed E-state index contributed by atoms with van der Waals surface area (Å²) in [6.07, 6.45) is 2.00. The fourth-order valence-electron chi connectivity index (χ4n) is 0.628. The zero-order chi connectivity index (χ0) is 9.61. The van der Waals surface area contributed by atoms with Crippen LogP contribution in [0.3, 0.4) is 0 Å². The van der Waals surface area contributed by atoms with Gasteiger partial charge in [0.05, 0.1) is 11.5 Å². The molecule has 0 aromatic heterocycles. The molecular formula is C7H14ClNO2S. The van der Waals surface area contributed by atoms with Crippen LogP contribution in [0, 0.1) is 0 Å². The number of sulfone groups is 1. The van der Waals surface area contributed by atoms with Gasteiger partial charge in [0.2, 0.25) is 0 Å². The monoisotopic (exact) mass is 211 g/mol. The Bertz CT molecular complexity index is 242. The van der Waals surface area contributed by atoms with E-state index in [2.05, 4.69) is 0 Å². The number of halogens is 1. The molecule has 72 valence electrons. The van der Waals surface area contributed by atoms with E-state index in [1.165, 1.54) is 6.08 Å². The van der Waals surface area contributed by atoms with Crippen LogP contribution < -0.4 is 5.73 Å². The Morgan fingerprint density at radius 2 is 2.17 bits per heavy atom. The van der Waals surface area contributed by atoms with E-state index < -0.39 is 9.84 Å². The van der Waals surface area contributed by atoms with Crippen molar-refractivity contribution in [1.82, 2.24) is 0 Å². The van der Waals surface area contributed by atoms with Crippen LogP contribution in [-0.4, -0.2) is 26.5 Å². The molecule has 0 aliphatic rings. The molecule has 0 aromatic carbocycles. The van der Waals surface area contributed by atoms with Crippen molar-refractivity contribution in [3.05, 3.63) is 11.1 Å². The highest BCUT2D eigenvalue weighted by atomic mass is 35.5. The summed E-state index contributed by atoms with van der Waals surface area (Å²) in [6, 6.07) is 0. The van der Waals surface area contributed by atoms with Crippen molar-refractivity contribution in [3.8, 4) is 0 Å². The Morgan fingerprint density at radius 1 is 1.58 bits per heavy atom. The summed E-state index contributed by atoms with van der Waals surface area (Å²) in [5.41, 5.74) is 5.19. The van der Waals surface area contributed by atoms with Gasteiger partial charge in [0.25, 0.3) is 0 Å². The molecule has 0 atom stereocenters. The predicted octanol–water partition coefficient (Wildman–Crippen LogP) is 0.893. The van der Waals surface area contributed by atoms with Gasteiger partial charge in [0.15, 0.2) is 9.84 Å². The second-order valence-electron chi connectivity index (χ2n) is 2.55. The minimum atomic E-state index is -2.98. The van der Waals surface area contributed by atoms with Gasteiger partial charge < -0.3 is 5.73 Å². The van der Waals surface area contributed by atoms with Gasteiger partial charge in [-0.25, -0.2) is 8.42 Å². The third-order valence-corrected chi connectivity index (χ3v) is 3.02. The van der Waals surface area contributed by atoms with Gasteiger partial charge in [0, 0.05) is 5.03 Å². The summed E-state index contributed by atoms with van der Waals surface area (Å²) in [6.45, 7) is 2.06. The Labute approximate surface area is 78.5 Å². The average molecular weight is 212 g/mol. The Kier molecular flexibility index (Phi) is 5.53. The first-order chi connectivity index (χ1) is 5.48. The smallest absolute Gasteiger partial charge is 0.153 e. The SMILES string of the molecule is C/C(Cl)=C/CS(=O)(=O)CCCN. The van der Waals surface area contributed by atoms with Crippen LogP contribution in [0.25, 0.3) is 0 Å². The summed E-state index contributed by atoms with van der Waals surface area (Å²) in [7, 11) is -2.98. The van der Waals surface area contributed by atoms with E-state index in [-0.39, 0.29) is 11.5 Å². The first-order valence-electron chi connectivity index (χ1n) is 3.70. The highest BCUT2D eigenvalue weighted by Crippen LogP contribution is 2.01.